The molecule has 0 saturated heterocycles. The molecule has 1 heterocycles. The summed E-state index contributed by atoms with van der Waals surface area (Å²) in [6.45, 7) is 6.32. The van der Waals surface area contributed by atoms with Gasteiger partial charge in [-0.05, 0) is 55.5 Å². The van der Waals surface area contributed by atoms with Crippen LogP contribution in [0.15, 0.2) is 47.4 Å². The summed E-state index contributed by atoms with van der Waals surface area (Å²) in [7, 11) is -3.75. The Morgan fingerprint density at radius 3 is 2.54 bits per heavy atom. The first-order chi connectivity index (χ1) is 12.3. The largest absolute Gasteiger partial charge is 0.337 e. The monoisotopic (exact) mass is 372 g/mol. The molecule has 138 valence electrons. The van der Waals surface area contributed by atoms with E-state index in [4.69, 9.17) is 0 Å². The van der Waals surface area contributed by atoms with Crippen LogP contribution >= 0.6 is 0 Å². The lowest BCUT2D eigenvalue weighted by Crippen LogP contribution is -2.48. The molecule has 3 rings (SSSR count). The Bertz CT molecular complexity index is 938. The molecule has 2 aromatic carbocycles. The lowest BCUT2D eigenvalue weighted by molar-refractivity contribution is -0.133. The fourth-order valence-corrected chi connectivity index (χ4v) is 4.83. The first-order valence-electron chi connectivity index (χ1n) is 8.73. The number of nitrogens with zero attached hydrogens (tertiary/aromatic N) is 1. The lowest BCUT2D eigenvalue weighted by Gasteiger charge is -2.31. The van der Waals surface area contributed by atoms with E-state index in [9.17, 15) is 13.2 Å². The highest BCUT2D eigenvalue weighted by molar-refractivity contribution is 7.89. The Labute approximate surface area is 155 Å². The van der Waals surface area contributed by atoms with Gasteiger partial charge in [-0.15, -0.1) is 0 Å². The molecule has 5 nitrogen and oxygen atoms in total. The maximum absolute atomic E-state index is 12.8. The number of amides is 1. The molecule has 0 radical (unpaired) electrons. The van der Waals surface area contributed by atoms with Crippen molar-refractivity contribution in [2.24, 2.45) is 0 Å². The molecule has 0 aliphatic carbocycles. The summed E-state index contributed by atoms with van der Waals surface area (Å²) in [6, 6.07) is 12.5. The second kappa shape index (κ2) is 7.21. The molecule has 0 aromatic heterocycles. The van der Waals surface area contributed by atoms with Gasteiger partial charge in [-0.25, -0.2) is 8.42 Å². The van der Waals surface area contributed by atoms with Gasteiger partial charge in [-0.1, -0.05) is 36.4 Å². The number of carbonyl (C=O) groups is 1. The summed E-state index contributed by atoms with van der Waals surface area (Å²) in [6.07, 6.45) is 0.790. The van der Waals surface area contributed by atoms with E-state index in [2.05, 4.69) is 10.8 Å². The molecule has 1 N–H and O–H groups in total. The molecule has 1 atom stereocenters. The highest BCUT2D eigenvalue weighted by atomic mass is 32.2. The molecule has 1 amide bonds. The fourth-order valence-electron chi connectivity index (χ4n) is 3.30. The van der Waals surface area contributed by atoms with Crippen molar-refractivity contribution in [1.29, 1.82) is 0 Å². The summed E-state index contributed by atoms with van der Waals surface area (Å²) >= 11 is 0. The first-order valence-corrected chi connectivity index (χ1v) is 10.2. The summed E-state index contributed by atoms with van der Waals surface area (Å²) < 4.78 is 28.0. The van der Waals surface area contributed by atoms with E-state index in [1.807, 2.05) is 31.2 Å². The van der Waals surface area contributed by atoms with Gasteiger partial charge in [0.1, 0.15) is 0 Å². The molecule has 2 aromatic rings. The third-order valence-corrected chi connectivity index (χ3v) is 6.46. The molecule has 0 unspecified atom stereocenters. The zero-order valence-electron chi connectivity index (χ0n) is 15.3. The molecule has 0 fully saturated rings. The maximum atomic E-state index is 12.8. The predicted molar refractivity (Wildman–Crippen MR) is 101 cm³/mol. The topological polar surface area (TPSA) is 66.5 Å². The van der Waals surface area contributed by atoms with Gasteiger partial charge in [0.05, 0.1) is 10.9 Å². The van der Waals surface area contributed by atoms with Crippen molar-refractivity contribution in [3.8, 4) is 0 Å². The van der Waals surface area contributed by atoms with Crippen molar-refractivity contribution in [2.45, 2.75) is 44.7 Å². The second-order valence-corrected chi connectivity index (χ2v) is 8.57. The van der Waals surface area contributed by atoms with Crippen LogP contribution in [0.3, 0.4) is 0 Å². The normalized spacial score (nSPS) is 15.4. The molecular formula is C20H24N2O3S. The zero-order valence-corrected chi connectivity index (χ0v) is 16.1. The SMILES string of the molecule is Cc1ccc(C)c(S(=O)(=O)N[C@@H](C)C(=O)N2CCc3ccccc3C2)c1. The highest BCUT2D eigenvalue weighted by Gasteiger charge is 2.28. The summed E-state index contributed by atoms with van der Waals surface area (Å²) in [5.74, 6) is -0.201. The van der Waals surface area contributed by atoms with Gasteiger partial charge < -0.3 is 4.90 Å². The number of sulfonamides is 1. The van der Waals surface area contributed by atoms with Gasteiger partial charge in [0.2, 0.25) is 15.9 Å². The zero-order chi connectivity index (χ0) is 18.9. The minimum Gasteiger partial charge on any atom is -0.337 e. The van der Waals surface area contributed by atoms with Crippen LogP contribution in [0.1, 0.15) is 29.2 Å². The molecule has 26 heavy (non-hydrogen) atoms. The number of nitrogens with one attached hydrogen (secondary N) is 1. The third-order valence-electron chi connectivity index (χ3n) is 4.78. The van der Waals surface area contributed by atoms with E-state index >= 15 is 0 Å². The summed E-state index contributed by atoms with van der Waals surface area (Å²) in [5, 5.41) is 0. The van der Waals surface area contributed by atoms with Crippen LogP contribution in [0, 0.1) is 13.8 Å². The smallest absolute Gasteiger partial charge is 0.241 e. The Balaban J connectivity index is 1.74. The molecule has 0 spiro atoms. The standard InChI is InChI=1S/C20H24N2O3S/c1-14-8-9-15(2)19(12-14)26(24,25)21-16(3)20(23)22-11-10-17-6-4-5-7-18(17)13-22/h4-9,12,16,21H,10-11,13H2,1-3H3/t16-/m0/s1. The average molecular weight is 372 g/mol. The van der Waals surface area contributed by atoms with Crippen molar-refractivity contribution < 1.29 is 13.2 Å². The minimum atomic E-state index is -3.75. The average Bonchev–Trinajstić information content (AvgIpc) is 2.62. The van der Waals surface area contributed by atoms with Crippen LogP contribution in [0.2, 0.25) is 0 Å². The number of benzene rings is 2. The number of carbonyl (C=O) groups excluding carboxylic acids is 1. The van der Waals surface area contributed by atoms with Crippen molar-refractivity contribution in [2.75, 3.05) is 6.54 Å². The van der Waals surface area contributed by atoms with Crippen LogP contribution in [0.4, 0.5) is 0 Å². The third kappa shape index (κ3) is 3.81. The van der Waals surface area contributed by atoms with Crippen molar-refractivity contribution in [1.82, 2.24) is 9.62 Å². The van der Waals surface area contributed by atoms with Crippen LogP contribution in [0.5, 0.6) is 0 Å². The molecule has 6 heteroatoms. The van der Waals surface area contributed by atoms with Crippen molar-refractivity contribution >= 4 is 15.9 Å². The summed E-state index contributed by atoms with van der Waals surface area (Å²) in [4.78, 5) is 14.7. The van der Waals surface area contributed by atoms with E-state index in [1.54, 1.807) is 30.9 Å². The number of hydrogen-bond donors (Lipinski definition) is 1. The van der Waals surface area contributed by atoms with E-state index in [1.165, 1.54) is 5.56 Å². The lowest BCUT2D eigenvalue weighted by atomic mass is 9.99. The van der Waals surface area contributed by atoms with E-state index < -0.39 is 16.1 Å². The molecule has 0 bridgehead atoms. The molecule has 1 aliphatic rings. The van der Waals surface area contributed by atoms with Gasteiger partial charge in [-0.3, -0.25) is 4.79 Å². The fraction of sp³-hybridized carbons (Fsp3) is 0.350. The van der Waals surface area contributed by atoms with Crippen LogP contribution in [-0.4, -0.2) is 31.8 Å². The maximum Gasteiger partial charge on any atom is 0.241 e. The Hall–Kier alpha value is -2.18. The van der Waals surface area contributed by atoms with Gasteiger partial charge in [0.25, 0.3) is 0 Å². The number of hydrogen-bond acceptors (Lipinski definition) is 3. The van der Waals surface area contributed by atoms with Crippen LogP contribution < -0.4 is 4.72 Å². The number of fused-ring (bicyclic) bond motifs is 1. The predicted octanol–water partition coefficient (Wildman–Crippen LogP) is 2.56. The number of aryl methyl sites for hydroxylation is 2. The molecule has 0 saturated carbocycles. The Morgan fingerprint density at radius 2 is 1.81 bits per heavy atom. The van der Waals surface area contributed by atoms with Crippen molar-refractivity contribution in [3.63, 3.8) is 0 Å². The minimum absolute atomic E-state index is 0.201. The van der Waals surface area contributed by atoms with E-state index in [0.717, 1.165) is 17.5 Å². The quantitative estimate of drug-likeness (QED) is 0.897. The number of rotatable bonds is 4. The van der Waals surface area contributed by atoms with Crippen LogP contribution in [0.25, 0.3) is 0 Å². The van der Waals surface area contributed by atoms with Gasteiger partial charge in [0.15, 0.2) is 0 Å². The van der Waals surface area contributed by atoms with Gasteiger partial charge >= 0.3 is 0 Å². The van der Waals surface area contributed by atoms with E-state index in [0.29, 0.717) is 18.7 Å². The Morgan fingerprint density at radius 1 is 1.12 bits per heavy atom. The highest BCUT2D eigenvalue weighted by Crippen LogP contribution is 2.20. The molecular weight excluding hydrogens is 348 g/mol. The molecule has 1 aliphatic heterocycles. The van der Waals surface area contributed by atoms with Crippen LogP contribution in [-0.2, 0) is 27.8 Å². The second-order valence-electron chi connectivity index (χ2n) is 6.89. The summed E-state index contributed by atoms with van der Waals surface area (Å²) in [5.41, 5.74) is 3.90. The van der Waals surface area contributed by atoms with Gasteiger partial charge in [-0.2, -0.15) is 4.72 Å². The van der Waals surface area contributed by atoms with E-state index in [-0.39, 0.29) is 10.8 Å². The van der Waals surface area contributed by atoms with Gasteiger partial charge in [0, 0.05) is 13.1 Å². The van der Waals surface area contributed by atoms with Crippen molar-refractivity contribution in [3.05, 3.63) is 64.7 Å². The Kier molecular flexibility index (Phi) is 5.16. The first kappa shape index (κ1) is 18.6.